The number of ether oxygens (including phenoxy) is 1. The Hall–Kier alpha value is -2.94. The van der Waals surface area contributed by atoms with Gasteiger partial charge >= 0.3 is 5.97 Å². The Morgan fingerprint density at radius 1 is 1.12 bits per heavy atom. The molecule has 2 aromatic carbocycles. The van der Waals surface area contributed by atoms with E-state index in [1.807, 2.05) is 25.3 Å². The minimum atomic E-state index is -3.88. The number of imidazole rings is 1. The van der Waals surface area contributed by atoms with Gasteiger partial charge in [0, 0.05) is 6.42 Å². The van der Waals surface area contributed by atoms with E-state index in [0.29, 0.717) is 17.6 Å². The molecule has 0 bridgehead atoms. The average Bonchev–Trinajstić information content (AvgIpc) is 3.03. The van der Waals surface area contributed by atoms with Crippen molar-refractivity contribution < 1.29 is 22.3 Å². The number of aryl methyl sites for hydroxylation is 1. The van der Waals surface area contributed by atoms with Crippen LogP contribution in [0.1, 0.15) is 52.8 Å². The van der Waals surface area contributed by atoms with Crippen LogP contribution in [0.25, 0.3) is 11.0 Å². The van der Waals surface area contributed by atoms with Crippen LogP contribution in [0.3, 0.4) is 0 Å². The lowest BCUT2D eigenvalue weighted by Gasteiger charge is -2.20. The van der Waals surface area contributed by atoms with E-state index in [-0.39, 0.29) is 17.4 Å². The molecule has 0 atom stereocenters. The number of anilines is 1. The number of fused-ring (bicyclic) bond motifs is 1. The summed E-state index contributed by atoms with van der Waals surface area (Å²) in [6.07, 6.45) is 3.72. The molecule has 0 saturated heterocycles. The summed E-state index contributed by atoms with van der Waals surface area (Å²) in [5, 5.41) is 0. The molecule has 1 aromatic heterocycles. The maximum atomic E-state index is 13.2. The maximum absolute atomic E-state index is 13.2. The van der Waals surface area contributed by atoms with Gasteiger partial charge in [-0.3, -0.25) is 9.52 Å². The largest absolute Gasteiger partial charge is 0.459 e. The summed E-state index contributed by atoms with van der Waals surface area (Å²) < 4.78 is 48.3. The lowest BCUT2D eigenvalue weighted by Crippen LogP contribution is -2.27. The molecule has 0 saturated carbocycles. The van der Waals surface area contributed by atoms with E-state index in [1.165, 1.54) is 12.1 Å². The molecule has 1 heterocycles. The summed E-state index contributed by atoms with van der Waals surface area (Å²) >= 11 is 0. The number of carbonyl (C=O) groups excluding carboxylic acids is 1. The summed E-state index contributed by atoms with van der Waals surface area (Å²) in [6.45, 7) is 7.59. The molecule has 3 rings (SSSR count). The Morgan fingerprint density at radius 3 is 2.45 bits per heavy atom. The van der Waals surface area contributed by atoms with Crippen molar-refractivity contribution in [3.05, 3.63) is 54.1 Å². The van der Waals surface area contributed by atoms with E-state index < -0.39 is 21.4 Å². The molecule has 3 aromatic rings. The first-order valence-electron chi connectivity index (χ1n) is 11.0. The topological polar surface area (TPSA) is 90.3 Å². The Balaban J connectivity index is 1.91. The molecular formula is C24H30FN3O4S. The van der Waals surface area contributed by atoms with Crippen molar-refractivity contribution in [3.8, 4) is 0 Å². The van der Waals surface area contributed by atoms with Crippen molar-refractivity contribution in [3.63, 3.8) is 0 Å². The van der Waals surface area contributed by atoms with E-state index in [9.17, 15) is 17.6 Å². The minimum absolute atomic E-state index is 0.0237. The molecule has 1 N–H and O–H groups in total. The number of benzene rings is 2. The van der Waals surface area contributed by atoms with Gasteiger partial charge in [-0.15, -0.1) is 0 Å². The number of nitrogens with zero attached hydrogens (tertiary/aromatic N) is 2. The van der Waals surface area contributed by atoms with E-state index in [0.717, 1.165) is 42.7 Å². The fraction of sp³-hybridized carbons (Fsp3) is 0.417. The standard InChI is InChI=1S/C24H30FN3O4S/c1-5-6-7-8-22-26-20-15-18(27-33(30,31)19-12-9-17(25)10-13-19)11-14-21(20)28(22)16-23(29)32-24(2,3)4/h9-15,27H,5-8,16H2,1-4H3. The SMILES string of the molecule is CCCCCc1nc2cc(NS(=O)(=O)c3ccc(F)cc3)ccc2n1CC(=O)OC(C)(C)C. The fourth-order valence-electron chi connectivity index (χ4n) is 3.47. The third-order valence-electron chi connectivity index (χ3n) is 4.91. The van der Waals surface area contributed by atoms with E-state index >= 15 is 0 Å². The quantitative estimate of drug-likeness (QED) is 0.345. The van der Waals surface area contributed by atoms with Crippen molar-refractivity contribution in [2.75, 3.05) is 4.72 Å². The predicted octanol–water partition coefficient (Wildman–Crippen LogP) is 5.05. The van der Waals surface area contributed by atoms with Gasteiger partial charge in [-0.05, 0) is 69.7 Å². The van der Waals surface area contributed by atoms with Gasteiger partial charge in [-0.2, -0.15) is 0 Å². The number of rotatable bonds is 9. The summed E-state index contributed by atoms with van der Waals surface area (Å²) in [7, 11) is -3.88. The van der Waals surface area contributed by atoms with E-state index in [1.54, 1.807) is 18.2 Å². The highest BCUT2D eigenvalue weighted by molar-refractivity contribution is 7.92. The van der Waals surface area contributed by atoms with Crippen molar-refractivity contribution in [1.29, 1.82) is 0 Å². The zero-order valence-electron chi connectivity index (χ0n) is 19.4. The van der Waals surface area contributed by atoms with Crippen molar-refractivity contribution in [2.24, 2.45) is 0 Å². The Bertz CT molecular complexity index is 1230. The summed E-state index contributed by atoms with van der Waals surface area (Å²) in [5.74, 6) is -0.121. The normalized spacial score (nSPS) is 12.2. The number of unbranched alkanes of at least 4 members (excludes halogenated alkanes) is 2. The van der Waals surface area contributed by atoms with Gasteiger partial charge in [0.15, 0.2) is 0 Å². The highest BCUT2D eigenvalue weighted by Gasteiger charge is 2.20. The lowest BCUT2D eigenvalue weighted by molar-refractivity contribution is -0.155. The third kappa shape index (κ3) is 6.54. The van der Waals surface area contributed by atoms with Crippen LogP contribution in [-0.4, -0.2) is 29.5 Å². The number of halogens is 1. The third-order valence-corrected chi connectivity index (χ3v) is 6.31. The summed E-state index contributed by atoms with van der Waals surface area (Å²) in [6, 6.07) is 9.59. The maximum Gasteiger partial charge on any atom is 0.326 e. The number of hydrogen-bond donors (Lipinski definition) is 1. The van der Waals surface area contributed by atoms with Gasteiger partial charge in [0.05, 0.1) is 21.6 Å². The van der Waals surface area contributed by atoms with Crippen LogP contribution in [0.4, 0.5) is 10.1 Å². The van der Waals surface area contributed by atoms with Gasteiger partial charge in [0.2, 0.25) is 0 Å². The molecule has 178 valence electrons. The second kappa shape index (κ2) is 9.91. The number of carbonyl (C=O) groups is 1. The number of esters is 1. The van der Waals surface area contributed by atoms with Gasteiger partial charge in [-0.25, -0.2) is 17.8 Å². The van der Waals surface area contributed by atoms with Crippen molar-refractivity contribution in [1.82, 2.24) is 9.55 Å². The fourth-order valence-corrected chi connectivity index (χ4v) is 4.52. The van der Waals surface area contributed by atoms with Crippen molar-refractivity contribution >= 4 is 32.7 Å². The van der Waals surface area contributed by atoms with Gasteiger partial charge in [-0.1, -0.05) is 19.8 Å². The minimum Gasteiger partial charge on any atom is -0.459 e. The monoisotopic (exact) mass is 475 g/mol. The zero-order valence-corrected chi connectivity index (χ0v) is 20.2. The van der Waals surface area contributed by atoms with Crippen LogP contribution in [0.5, 0.6) is 0 Å². The van der Waals surface area contributed by atoms with Crippen LogP contribution in [0.2, 0.25) is 0 Å². The molecule has 0 spiro atoms. The number of nitrogens with one attached hydrogen (secondary N) is 1. The number of hydrogen-bond acceptors (Lipinski definition) is 5. The van der Waals surface area contributed by atoms with Crippen LogP contribution in [0, 0.1) is 5.82 Å². The summed E-state index contributed by atoms with van der Waals surface area (Å²) in [4.78, 5) is 17.1. The summed E-state index contributed by atoms with van der Waals surface area (Å²) in [5.41, 5.74) is 1.03. The molecule has 9 heteroatoms. The molecule has 33 heavy (non-hydrogen) atoms. The smallest absolute Gasteiger partial charge is 0.326 e. The van der Waals surface area contributed by atoms with E-state index in [4.69, 9.17) is 4.74 Å². The molecule has 7 nitrogen and oxygen atoms in total. The molecular weight excluding hydrogens is 445 g/mol. The van der Waals surface area contributed by atoms with E-state index in [2.05, 4.69) is 16.6 Å². The molecule has 0 aliphatic rings. The first kappa shape index (κ1) is 24.7. The zero-order chi connectivity index (χ0) is 24.2. The van der Waals surface area contributed by atoms with Crippen LogP contribution < -0.4 is 4.72 Å². The molecule has 0 amide bonds. The second-order valence-corrected chi connectivity index (χ2v) is 10.6. The number of sulfonamides is 1. The Labute approximate surface area is 194 Å². The molecule has 0 aliphatic heterocycles. The molecule has 0 unspecified atom stereocenters. The highest BCUT2D eigenvalue weighted by atomic mass is 32.2. The lowest BCUT2D eigenvalue weighted by atomic mass is 10.2. The number of aromatic nitrogens is 2. The Morgan fingerprint density at radius 2 is 1.82 bits per heavy atom. The van der Waals surface area contributed by atoms with Gasteiger partial charge in [0.1, 0.15) is 23.8 Å². The highest BCUT2D eigenvalue weighted by Crippen LogP contribution is 2.24. The van der Waals surface area contributed by atoms with Gasteiger partial charge < -0.3 is 9.30 Å². The molecule has 0 aliphatic carbocycles. The first-order valence-corrected chi connectivity index (χ1v) is 12.5. The van der Waals surface area contributed by atoms with Crippen LogP contribution >= 0.6 is 0 Å². The van der Waals surface area contributed by atoms with Gasteiger partial charge in [0.25, 0.3) is 10.0 Å². The predicted molar refractivity (Wildman–Crippen MR) is 126 cm³/mol. The van der Waals surface area contributed by atoms with Crippen LogP contribution in [-0.2, 0) is 32.5 Å². The van der Waals surface area contributed by atoms with Crippen LogP contribution in [0.15, 0.2) is 47.4 Å². The first-order chi connectivity index (χ1) is 15.5. The Kier molecular flexibility index (Phi) is 7.41. The molecule has 0 radical (unpaired) electrons. The average molecular weight is 476 g/mol. The second-order valence-electron chi connectivity index (χ2n) is 8.92. The van der Waals surface area contributed by atoms with Crippen molar-refractivity contribution in [2.45, 2.75) is 70.4 Å². The molecule has 0 fully saturated rings.